The summed E-state index contributed by atoms with van der Waals surface area (Å²) in [7, 11) is 0. The Labute approximate surface area is 168 Å². The van der Waals surface area contributed by atoms with Crippen molar-refractivity contribution >= 4 is 29.3 Å². The van der Waals surface area contributed by atoms with Crippen LogP contribution < -0.4 is 4.90 Å². The fourth-order valence-electron chi connectivity index (χ4n) is 3.42. The van der Waals surface area contributed by atoms with Crippen molar-refractivity contribution in [3.63, 3.8) is 0 Å². The molecule has 1 saturated carbocycles. The van der Waals surface area contributed by atoms with Gasteiger partial charge in [-0.25, -0.2) is 9.18 Å². The molecule has 4 nitrogen and oxygen atoms in total. The minimum atomic E-state index is -0.326. The zero-order valence-electron chi connectivity index (χ0n) is 15.7. The second kappa shape index (κ2) is 7.95. The van der Waals surface area contributed by atoms with Crippen LogP contribution in [0.25, 0.3) is 0 Å². The summed E-state index contributed by atoms with van der Waals surface area (Å²) in [4.78, 5) is 26.5. The molecule has 1 heterocycles. The lowest BCUT2D eigenvalue weighted by atomic mass is 10.1. The van der Waals surface area contributed by atoms with E-state index in [4.69, 9.17) is 4.74 Å². The van der Waals surface area contributed by atoms with Crippen molar-refractivity contribution in [3.8, 4) is 0 Å². The van der Waals surface area contributed by atoms with E-state index in [0.717, 1.165) is 29.2 Å². The van der Waals surface area contributed by atoms with Crippen LogP contribution in [0.4, 0.5) is 10.1 Å². The van der Waals surface area contributed by atoms with Crippen molar-refractivity contribution < 1.29 is 18.7 Å². The number of carbonyl (C=O) groups excluding carboxylic acids is 2. The Kier molecular flexibility index (Phi) is 5.40. The van der Waals surface area contributed by atoms with Crippen LogP contribution in [0, 0.1) is 18.7 Å². The van der Waals surface area contributed by atoms with Gasteiger partial charge in [-0.2, -0.15) is 0 Å². The van der Waals surface area contributed by atoms with Gasteiger partial charge in [-0.3, -0.25) is 9.69 Å². The summed E-state index contributed by atoms with van der Waals surface area (Å²) in [5, 5.41) is -0.205. The van der Waals surface area contributed by atoms with E-state index in [0.29, 0.717) is 17.9 Å². The Hall–Kier alpha value is -2.34. The average Bonchev–Trinajstić information content (AvgIpc) is 3.43. The van der Waals surface area contributed by atoms with Crippen molar-refractivity contribution in [3.05, 3.63) is 65.0 Å². The van der Waals surface area contributed by atoms with Gasteiger partial charge in [0.2, 0.25) is 5.91 Å². The summed E-state index contributed by atoms with van der Waals surface area (Å²) in [6.45, 7) is 2.34. The Morgan fingerprint density at radius 1 is 1.21 bits per heavy atom. The molecule has 4 rings (SSSR count). The standard InChI is InChI=1S/C22H22FNO3S/c1-14-12-17(22(26)27-11-10-15-2-3-15)6-9-19(14)24-20(25)13-28-21(24)16-4-7-18(23)8-5-16/h4-9,12,15,21H,2-3,10-11,13H2,1H3. The van der Waals surface area contributed by atoms with Crippen molar-refractivity contribution in [1.82, 2.24) is 0 Å². The minimum absolute atomic E-state index is 0.00202. The van der Waals surface area contributed by atoms with Crippen LogP contribution in [0.2, 0.25) is 0 Å². The quantitative estimate of drug-likeness (QED) is 0.650. The van der Waals surface area contributed by atoms with E-state index in [9.17, 15) is 14.0 Å². The van der Waals surface area contributed by atoms with E-state index < -0.39 is 0 Å². The predicted octanol–water partition coefficient (Wildman–Crippen LogP) is 4.87. The van der Waals surface area contributed by atoms with Crippen LogP contribution >= 0.6 is 11.8 Å². The molecule has 2 fully saturated rings. The number of esters is 1. The summed E-state index contributed by atoms with van der Waals surface area (Å²) >= 11 is 1.51. The van der Waals surface area contributed by atoms with E-state index in [-0.39, 0.29) is 23.1 Å². The van der Waals surface area contributed by atoms with Crippen LogP contribution in [0.1, 0.15) is 46.1 Å². The Bertz CT molecular complexity index is 895. The van der Waals surface area contributed by atoms with Crippen molar-refractivity contribution in [1.29, 1.82) is 0 Å². The molecule has 1 unspecified atom stereocenters. The molecule has 0 aromatic heterocycles. The SMILES string of the molecule is Cc1cc(C(=O)OCCC2CC2)ccc1N1C(=O)CSC1c1ccc(F)cc1. The van der Waals surface area contributed by atoms with Crippen LogP contribution in [0.15, 0.2) is 42.5 Å². The molecule has 6 heteroatoms. The third kappa shape index (κ3) is 4.07. The third-order valence-corrected chi connectivity index (χ3v) is 6.38. The molecule has 1 aliphatic heterocycles. The molecule has 1 saturated heterocycles. The van der Waals surface area contributed by atoms with E-state index in [1.54, 1.807) is 35.2 Å². The topological polar surface area (TPSA) is 46.6 Å². The zero-order chi connectivity index (χ0) is 19.7. The Morgan fingerprint density at radius 2 is 1.96 bits per heavy atom. The van der Waals surface area contributed by atoms with Crippen LogP contribution in [0.5, 0.6) is 0 Å². The number of halogens is 1. The van der Waals surface area contributed by atoms with Gasteiger partial charge in [0.15, 0.2) is 0 Å². The number of ether oxygens (including phenoxy) is 1. The van der Waals surface area contributed by atoms with Crippen LogP contribution in [-0.4, -0.2) is 24.2 Å². The number of hydrogen-bond acceptors (Lipinski definition) is 4. The maximum Gasteiger partial charge on any atom is 0.338 e. The summed E-state index contributed by atoms with van der Waals surface area (Å²) in [6.07, 6.45) is 3.41. The van der Waals surface area contributed by atoms with Crippen LogP contribution in [-0.2, 0) is 9.53 Å². The number of rotatable bonds is 6. The highest BCUT2D eigenvalue weighted by atomic mass is 32.2. The number of thioether (sulfide) groups is 1. The fraction of sp³-hybridized carbons (Fsp3) is 0.364. The number of hydrogen-bond donors (Lipinski definition) is 0. The first-order valence-electron chi connectivity index (χ1n) is 9.50. The van der Waals surface area contributed by atoms with Gasteiger partial charge in [-0.1, -0.05) is 25.0 Å². The molecule has 1 atom stereocenters. The lowest BCUT2D eigenvalue weighted by Crippen LogP contribution is -2.28. The lowest BCUT2D eigenvalue weighted by molar-refractivity contribution is -0.115. The van der Waals surface area contributed by atoms with Crippen molar-refractivity contribution in [2.75, 3.05) is 17.3 Å². The van der Waals surface area contributed by atoms with Gasteiger partial charge < -0.3 is 4.74 Å². The van der Waals surface area contributed by atoms with Crippen molar-refractivity contribution in [2.24, 2.45) is 5.92 Å². The molecule has 146 valence electrons. The van der Waals surface area contributed by atoms with Gasteiger partial charge in [0.1, 0.15) is 11.2 Å². The fourth-order valence-corrected chi connectivity index (χ4v) is 4.59. The summed E-state index contributed by atoms with van der Waals surface area (Å²) < 4.78 is 18.6. The number of aryl methyl sites for hydroxylation is 1. The summed E-state index contributed by atoms with van der Waals surface area (Å²) in [6, 6.07) is 11.5. The van der Waals surface area contributed by atoms with E-state index in [1.807, 2.05) is 6.92 Å². The number of amides is 1. The third-order valence-electron chi connectivity index (χ3n) is 5.17. The highest BCUT2D eigenvalue weighted by Gasteiger charge is 2.35. The van der Waals surface area contributed by atoms with Gasteiger partial charge in [-0.05, 0) is 60.7 Å². The second-order valence-electron chi connectivity index (χ2n) is 7.35. The molecular formula is C22H22FNO3S. The highest BCUT2D eigenvalue weighted by molar-refractivity contribution is 8.00. The number of anilines is 1. The molecule has 0 spiro atoms. The Balaban J connectivity index is 1.52. The predicted molar refractivity (Wildman–Crippen MR) is 108 cm³/mol. The normalized spacial score (nSPS) is 19.1. The summed E-state index contributed by atoms with van der Waals surface area (Å²) in [5.74, 6) is 0.464. The molecule has 0 bridgehead atoms. The van der Waals surface area contributed by atoms with Gasteiger partial charge >= 0.3 is 5.97 Å². The molecule has 0 N–H and O–H groups in total. The molecular weight excluding hydrogens is 377 g/mol. The minimum Gasteiger partial charge on any atom is -0.462 e. The molecule has 2 aromatic rings. The second-order valence-corrected chi connectivity index (χ2v) is 8.42. The summed E-state index contributed by atoms with van der Waals surface area (Å²) in [5.41, 5.74) is 2.97. The van der Waals surface area contributed by atoms with E-state index in [1.165, 1.54) is 36.7 Å². The maximum atomic E-state index is 13.3. The van der Waals surface area contributed by atoms with Gasteiger partial charge in [0.25, 0.3) is 0 Å². The number of nitrogens with zero attached hydrogens (tertiary/aromatic N) is 1. The monoisotopic (exact) mass is 399 g/mol. The van der Waals surface area contributed by atoms with E-state index >= 15 is 0 Å². The first kappa shape index (κ1) is 19.0. The lowest BCUT2D eigenvalue weighted by Gasteiger charge is -2.26. The molecule has 1 amide bonds. The molecule has 1 aliphatic carbocycles. The van der Waals surface area contributed by atoms with E-state index in [2.05, 4.69) is 0 Å². The largest absolute Gasteiger partial charge is 0.462 e. The molecule has 2 aromatic carbocycles. The average molecular weight is 399 g/mol. The maximum absolute atomic E-state index is 13.3. The molecule has 0 radical (unpaired) electrons. The molecule has 2 aliphatic rings. The zero-order valence-corrected chi connectivity index (χ0v) is 16.5. The van der Waals surface area contributed by atoms with Crippen LogP contribution in [0.3, 0.4) is 0 Å². The number of carbonyl (C=O) groups is 2. The number of benzene rings is 2. The van der Waals surface area contributed by atoms with Gasteiger partial charge in [0.05, 0.1) is 17.9 Å². The van der Waals surface area contributed by atoms with Gasteiger partial charge in [0, 0.05) is 5.69 Å². The molecule has 28 heavy (non-hydrogen) atoms. The van der Waals surface area contributed by atoms with Gasteiger partial charge in [-0.15, -0.1) is 11.8 Å². The first-order chi connectivity index (χ1) is 13.5. The smallest absolute Gasteiger partial charge is 0.338 e. The highest BCUT2D eigenvalue weighted by Crippen LogP contribution is 2.43. The Morgan fingerprint density at radius 3 is 2.64 bits per heavy atom. The van der Waals surface area contributed by atoms with Crippen molar-refractivity contribution in [2.45, 2.75) is 31.6 Å². The first-order valence-corrected chi connectivity index (χ1v) is 10.5.